The summed E-state index contributed by atoms with van der Waals surface area (Å²) in [6.45, 7) is 3.69. The lowest BCUT2D eigenvalue weighted by molar-refractivity contribution is -0.508. The summed E-state index contributed by atoms with van der Waals surface area (Å²) in [6.07, 6.45) is 2.06. The maximum Gasteiger partial charge on any atom is 0.270 e. The van der Waals surface area contributed by atoms with Gasteiger partial charge in [0.1, 0.15) is 0 Å². The molecule has 0 amide bonds. The summed E-state index contributed by atoms with van der Waals surface area (Å²) in [5.74, 6) is -0.232. The molecule has 0 aromatic heterocycles. The van der Waals surface area contributed by atoms with Crippen LogP contribution in [0, 0.1) is 10.1 Å². The summed E-state index contributed by atoms with van der Waals surface area (Å²) in [5.41, 5.74) is 0. The van der Waals surface area contributed by atoms with Gasteiger partial charge in [-0.15, -0.1) is 0 Å². The van der Waals surface area contributed by atoms with Crippen molar-refractivity contribution in [2.24, 2.45) is 0 Å². The molecule has 0 saturated carbocycles. The number of nitro groups is 1. The van der Waals surface area contributed by atoms with Crippen LogP contribution in [0.2, 0.25) is 0 Å². The molecule has 5 nitrogen and oxygen atoms in total. The van der Waals surface area contributed by atoms with Gasteiger partial charge in [0.25, 0.3) is 6.04 Å². The van der Waals surface area contributed by atoms with Crippen molar-refractivity contribution in [1.29, 1.82) is 0 Å². The lowest BCUT2D eigenvalue weighted by atomic mass is 10.0. The smallest absolute Gasteiger partial charge is 0.270 e. The summed E-state index contributed by atoms with van der Waals surface area (Å²) < 4.78 is 0. The second-order valence-corrected chi connectivity index (χ2v) is 2.81. The number of Topliss-reactive ketones (excluding diaryl/α,β-unsaturated/α-hetero) is 1. The summed E-state index contributed by atoms with van der Waals surface area (Å²) in [6, 6.07) is -0.963. The Morgan fingerprint density at radius 3 is 2.23 bits per heavy atom. The Morgan fingerprint density at radius 2 is 1.92 bits per heavy atom. The molecule has 5 heteroatoms. The minimum Gasteiger partial charge on any atom is -0.369 e. The van der Waals surface area contributed by atoms with Crippen LogP contribution in [-0.4, -0.2) is 16.7 Å². The van der Waals surface area contributed by atoms with E-state index >= 15 is 0 Å². The predicted octanol–water partition coefficient (Wildman–Crippen LogP) is 2.18. The third-order valence-corrected chi connectivity index (χ3v) is 1.68. The van der Waals surface area contributed by atoms with Crippen LogP contribution < -0.4 is 6.15 Å². The van der Waals surface area contributed by atoms with Crippen molar-refractivity contribution in [2.75, 3.05) is 0 Å². The second kappa shape index (κ2) is 7.67. The molecule has 0 aliphatic carbocycles. The van der Waals surface area contributed by atoms with E-state index in [9.17, 15) is 14.9 Å². The maximum absolute atomic E-state index is 11.1. The van der Waals surface area contributed by atoms with E-state index in [0.717, 1.165) is 0 Å². The quantitative estimate of drug-likeness (QED) is 0.514. The highest BCUT2D eigenvalue weighted by Gasteiger charge is 2.26. The van der Waals surface area contributed by atoms with E-state index in [-0.39, 0.29) is 11.9 Å². The van der Waals surface area contributed by atoms with Crippen LogP contribution in [0.3, 0.4) is 0 Å². The van der Waals surface area contributed by atoms with Crippen LogP contribution in [0.4, 0.5) is 0 Å². The first kappa shape index (κ1) is 14.5. The van der Waals surface area contributed by atoms with Crippen molar-refractivity contribution < 1.29 is 9.72 Å². The normalized spacial score (nSPS) is 11.5. The van der Waals surface area contributed by atoms with Gasteiger partial charge in [-0.1, -0.05) is 13.8 Å². The van der Waals surface area contributed by atoms with Crippen LogP contribution in [0.15, 0.2) is 0 Å². The number of quaternary nitrogens is 1. The van der Waals surface area contributed by atoms with E-state index in [2.05, 4.69) is 0 Å². The summed E-state index contributed by atoms with van der Waals surface area (Å²) in [7, 11) is 0. The fourth-order valence-corrected chi connectivity index (χ4v) is 1.07. The number of hydrogen-bond acceptors (Lipinski definition) is 3. The highest BCUT2D eigenvalue weighted by molar-refractivity contribution is 5.82. The molecule has 0 saturated heterocycles. The molecule has 0 aromatic rings. The second-order valence-electron chi connectivity index (χ2n) is 2.81. The molecule has 0 aromatic carbocycles. The fourth-order valence-electron chi connectivity index (χ4n) is 1.07. The van der Waals surface area contributed by atoms with Gasteiger partial charge in [-0.05, 0) is 12.8 Å². The van der Waals surface area contributed by atoms with E-state index in [0.29, 0.717) is 25.7 Å². The first-order valence-electron chi connectivity index (χ1n) is 4.29. The van der Waals surface area contributed by atoms with Crippen LogP contribution in [0.25, 0.3) is 0 Å². The number of carbonyl (C=O) groups is 1. The number of rotatable bonds is 6. The van der Waals surface area contributed by atoms with E-state index in [4.69, 9.17) is 0 Å². The molecular weight excluding hydrogens is 172 g/mol. The van der Waals surface area contributed by atoms with Crippen molar-refractivity contribution in [3.63, 3.8) is 0 Å². The zero-order valence-electron chi connectivity index (χ0n) is 8.58. The minimum atomic E-state index is -0.963. The molecule has 1 unspecified atom stereocenters. The van der Waals surface area contributed by atoms with E-state index in [1.807, 2.05) is 13.8 Å². The van der Waals surface area contributed by atoms with E-state index < -0.39 is 11.0 Å². The molecule has 0 bridgehead atoms. The van der Waals surface area contributed by atoms with Crippen LogP contribution in [0.1, 0.15) is 39.5 Å². The molecule has 78 valence electrons. The van der Waals surface area contributed by atoms with Crippen LogP contribution in [-0.2, 0) is 4.79 Å². The lowest BCUT2D eigenvalue weighted by Gasteiger charge is -2.05. The fraction of sp³-hybridized carbons (Fsp3) is 0.875. The van der Waals surface area contributed by atoms with Gasteiger partial charge in [0.2, 0.25) is 5.78 Å². The van der Waals surface area contributed by atoms with Crippen molar-refractivity contribution in [1.82, 2.24) is 6.15 Å². The van der Waals surface area contributed by atoms with Crippen LogP contribution in [0.5, 0.6) is 0 Å². The monoisotopic (exact) mass is 191 g/mol. The van der Waals surface area contributed by atoms with Crippen LogP contribution >= 0.6 is 0 Å². The Bertz CT molecular complexity index is 171. The molecule has 4 N–H and O–H groups in total. The number of nitrogens with zero attached hydrogens (tertiary/aromatic N) is 1. The average Bonchev–Trinajstić information content (AvgIpc) is 1.99. The van der Waals surface area contributed by atoms with Gasteiger partial charge in [-0.2, -0.15) is 0 Å². The molecule has 1 atom stereocenters. The molecule has 0 aliphatic heterocycles. The predicted molar refractivity (Wildman–Crippen MR) is 51.6 cm³/mol. The Balaban J connectivity index is 0. The van der Waals surface area contributed by atoms with Gasteiger partial charge < -0.3 is 6.15 Å². The third kappa shape index (κ3) is 5.30. The highest BCUT2D eigenvalue weighted by Crippen LogP contribution is 2.06. The van der Waals surface area contributed by atoms with Gasteiger partial charge in [0, 0.05) is 17.8 Å². The third-order valence-electron chi connectivity index (χ3n) is 1.68. The van der Waals surface area contributed by atoms with Crippen molar-refractivity contribution in [3.8, 4) is 0 Å². The molecule has 0 radical (unpaired) electrons. The van der Waals surface area contributed by atoms with Gasteiger partial charge >= 0.3 is 0 Å². The Morgan fingerprint density at radius 1 is 1.38 bits per heavy atom. The number of carbonyl (C=O) groups excluding carboxylic acids is 1. The van der Waals surface area contributed by atoms with Crippen molar-refractivity contribution in [2.45, 2.75) is 45.6 Å². The highest BCUT2D eigenvalue weighted by atomic mass is 16.6. The summed E-state index contributed by atoms with van der Waals surface area (Å²) in [4.78, 5) is 21.1. The topological polar surface area (TPSA) is 96.7 Å². The van der Waals surface area contributed by atoms with Gasteiger partial charge in [0.05, 0.1) is 0 Å². The SMILES string of the molecule is CCCC(=O)C(CCC)[N+](=O)[O-].[NH4+]. The molecule has 0 aliphatic rings. The zero-order chi connectivity index (χ0) is 9.56. The Kier molecular flexibility index (Phi) is 8.58. The molecule has 0 spiro atoms. The van der Waals surface area contributed by atoms with E-state index in [1.54, 1.807) is 0 Å². The van der Waals surface area contributed by atoms with Crippen molar-refractivity contribution in [3.05, 3.63) is 10.1 Å². The van der Waals surface area contributed by atoms with Gasteiger partial charge in [-0.3, -0.25) is 14.9 Å². The maximum atomic E-state index is 11.1. The Labute approximate surface area is 78.2 Å². The first-order chi connectivity index (χ1) is 5.63. The lowest BCUT2D eigenvalue weighted by Crippen LogP contribution is -2.29. The summed E-state index contributed by atoms with van der Waals surface area (Å²) >= 11 is 0. The average molecular weight is 191 g/mol. The number of ketones is 1. The van der Waals surface area contributed by atoms with Gasteiger partial charge in [0.15, 0.2) is 0 Å². The first-order valence-corrected chi connectivity index (χ1v) is 4.29. The van der Waals surface area contributed by atoms with Gasteiger partial charge in [-0.25, -0.2) is 0 Å². The zero-order valence-corrected chi connectivity index (χ0v) is 8.58. The molecule has 0 fully saturated rings. The number of hydrogen-bond donors (Lipinski definition) is 1. The van der Waals surface area contributed by atoms with Crippen molar-refractivity contribution >= 4 is 5.78 Å². The molecule has 0 heterocycles. The molecule has 0 rings (SSSR count). The largest absolute Gasteiger partial charge is 0.369 e. The minimum absolute atomic E-state index is 0. The summed E-state index contributed by atoms with van der Waals surface area (Å²) in [5, 5.41) is 10.4. The molecular formula is C8H19N2O3+. The molecule has 13 heavy (non-hydrogen) atoms. The standard InChI is InChI=1S/C8H15NO3.H3N/c1-3-5-7(9(11)12)8(10)6-4-2;/h7H,3-6H2,1-2H3;1H3/p+1. The van der Waals surface area contributed by atoms with E-state index in [1.165, 1.54) is 0 Å². The Hall–Kier alpha value is -0.970.